The van der Waals surface area contributed by atoms with Gasteiger partial charge in [-0.25, -0.2) is 4.79 Å². The number of aromatic nitrogens is 1. The Bertz CT molecular complexity index is 784. The maximum absolute atomic E-state index is 12.8. The number of carbonyl (C=O) groups is 1. The average Bonchev–Trinajstić information content (AvgIpc) is 2.77. The van der Waals surface area contributed by atoms with Gasteiger partial charge in [-0.3, -0.25) is 4.98 Å². The Morgan fingerprint density at radius 1 is 1.14 bits per heavy atom. The number of urea groups is 1. The maximum atomic E-state index is 12.8. The molecular formula is C21H27N3O5. The molecule has 0 radical (unpaired) electrons. The molecule has 1 aliphatic rings. The van der Waals surface area contributed by atoms with Crippen LogP contribution < -0.4 is 24.8 Å². The molecule has 1 fully saturated rings. The van der Waals surface area contributed by atoms with Crippen molar-refractivity contribution in [3.05, 3.63) is 42.2 Å². The molecule has 8 heteroatoms. The predicted molar refractivity (Wildman–Crippen MR) is 109 cm³/mol. The lowest BCUT2D eigenvalue weighted by Crippen LogP contribution is -2.38. The van der Waals surface area contributed by atoms with Crippen molar-refractivity contribution in [3.8, 4) is 17.2 Å². The summed E-state index contributed by atoms with van der Waals surface area (Å²) in [5.74, 6) is 1.68. The van der Waals surface area contributed by atoms with Crippen LogP contribution in [-0.2, 0) is 4.74 Å². The van der Waals surface area contributed by atoms with Crippen LogP contribution in [0.5, 0.6) is 17.2 Å². The third-order valence-corrected chi connectivity index (χ3v) is 4.99. The van der Waals surface area contributed by atoms with Crippen molar-refractivity contribution in [1.82, 2.24) is 10.3 Å². The Morgan fingerprint density at radius 2 is 1.83 bits per heavy atom. The first-order valence-corrected chi connectivity index (χ1v) is 9.51. The largest absolute Gasteiger partial charge is 0.493 e. The summed E-state index contributed by atoms with van der Waals surface area (Å²) in [6.07, 6.45) is 5.27. The minimum Gasteiger partial charge on any atom is -0.493 e. The van der Waals surface area contributed by atoms with Gasteiger partial charge in [-0.1, -0.05) is 6.07 Å². The Labute approximate surface area is 170 Å². The zero-order valence-corrected chi connectivity index (χ0v) is 16.9. The zero-order valence-electron chi connectivity index (χ0n) is 16.9. The highest BCUT2D eigenvalue weighted by Gasteiger charge is 2.27. The number of anilines is 1. The summed E-state index contributed by atoms with van der Waals surface area (Å²) in [5.41, 5.74) is 1.51. The Kier molecular flexibility index (Phi) is 7.13. The van der Waals surface area contributed by atoms with Crippen LogP contribution in [0.25, 0.3) is 0 Å². The molecule has 1 atom stereocenters. The van der Waals surface area contributed by atoms with Gasteiger partial charge in [0.2, 0.25) is 5.75 Å². The highest BCUT2D eigenvalue weighted by atomic mass is 16.5. The van der Waals surface area contributed by atoms with Crippen molar-refractivity contribution in [2.45, 2.75) is 18.9 Å². The third-order valence-electron chi connectivity index (χ3n) is 4.99. The molecule has 156 valence electrons. The minimum absolute atomic E-state index is 0.158. The van der Waals surface area contributed by atoms with Gasteiger partial charge in [-0.2, -0.15) is 0 Å². The number of hydrogen-bond donors (Lipinski definition) is 2. The number of nitrogens with one attached hydrogen (secondary N) is 2. The predicted octanol–water partition coefficient (Wildman–Crippen LogP) is 3.40. The van der Waals surface area contributed by atoms with E-state index in [0.29, 0.717) is 36.1 Å². The molecule has 29 heavy (non-hydrogen) atoms. The molecule has 8 nitrogen and oxygen atoms in total. The van der Waals surface area contributed by atoms with Gasteiger partial charge in [0, 0.05) is 37.7 Å². The lowest BCUT2D eigenvalue weighted by atomic mass is 9.88. The van der Waals surface area contributed by atoms with Crippen LogP contribution in [0.3, 0.4) is 0 Å². The molecule has 2 N–H and O–H groups in total. The van der Waals surface area contributed by atoms with E-state index in [-0.39, 0.29) is 18.0 Å². The normalized spacial score (nSPS) is 15.3. The molecule has 2 amide bonds. The second-order valence-electron chi connectivity index (χ2n) is 6.73. The molecule has 1 aliphatic heterocycles. The standard InChI is InChI=1S/C21H27N3O5/c1-26-17-11-16(12-18(27-2)20(17)28-3)23-21(25)24-19(14-6-9-29-10-7-14)15-5-4-8-22-13-15/h4-5,8,11-14,19H,6-7,9-10H2,1-3H3,(H2,23,24,25). The molecule has 1 aromatic heterocycles. The van der Waals surface area contributed by atoms with Gasteiger partial charge in [-0.05, 0) is 30.4 Å². The summed E-state index contributed by atoms with van der Waals surface area (Å²) in [6, 6.07) is 6.75. The Morgan fingerprint density at radius 3 is 2.38 bits per heavy atom. The van der Waals surface area contributed by atoms with E-state index >= 15 is 0 Å². The molecule has 3 rings (SSSR count). The number of hydrogen-bond acceptors (Lipinski definition) is 6. The summed E-state index contributed by atoms with van der Waals surface area (Å²) >= 11 is 0. The first-order valence-electron chi connectivity index (χ1n) is 9.51. The number of carbonyl (C=O) groups excluding carboxylic acids is 1. The van der Waals surface area contributed by atoms with Crippen LogP contribution in [0.2, 0.25) is 0 Å². The molecule has 2 heterocycles. The van der Waals surface area contributed by atoms with Crippen LogP contribution in [0, 0.1) is 5.92 Å². The van der Waals surface area contributed by atoms with Gasteiger partial charge < -0.3 is 29.6 Å². The fourth-order valence-electron chi connectivity index (χ4n) is 3.54. The lowest BCUT2D eigenvalue weighted by molar-refractivity contribution is 0.0550. The molecule has 1 saturated heterocycles. The number of rotatable bonds is 7. The topological polar surface area (TPSA) is 90.9 Å². The number of benzene rings is 1. The van der Waals surface area contributed by atoms with Crippen LogP contribution >= 0.6 is 0 Å². The quantitative estimate of drug-likeness (QED) is 0.739. The highest BCUT2D eigenvalue weighted by molar-refractivity contribution is 5.90. The van der Waals surface area contributed by atoms with Crippen molar-refractivity contribution < 1.29 is 23.7 Å². The number of pyridine rings is 1. The summed E-state index contributed by atoms with van der Waals surface area (Å²) in [7, 11) is 4.60. The first-order chi connectivity index (χ1) is 14.2. The van der Waals surface area contributed by atoms with E-state index < -0.39 is 0 Å². The molecule has 0 saturated carbocycles. The van der Waals surface area contributed by atoms with Gasteiger partial charge in [-0.15, -0.1) is 0 Å². The van der Waals surface area contributed by atoms with Crippen molar-refractivity contribution >= 4 is 11.7 Å². The molecule has 0 aliphatic carbocycles. The fourth-order valence-corrected chi connectivity index (χ4v) is 3.54. The van der Waals surface area contributed by atoms with E-state index in [0.717, 1.165) is 18.4 Å². The minimum atomic E-state index is -0.320. The average molecular weight is 401 g/mol. The van der Waals surface area contributed by atoms with Crippen molar-refractivity contribution in [2.75, 3.05) is 39.9 Å². The van der Waals surface area contributed by atoms with Gasteiger partial charge >= 0.3 is 6.03 Å². The highest BCUT2D eigenvalue weighted by Crippen LogP contribution is 2.40. The molecule has 1 aromatic carbocycles. The van der Waals surface area contributed by atoms with Crippen LogP contribution in [-0.4, -0.2) is 45.6 Å². The summed E-state index contributed by atoms with van der Waals surface area (Å²) < 4.78 is 21.5. The second kappa shape index (κ2) is 9.97. The van der Waals surface area contributed by atoms with Gasteiger partial charge in [0.15, 0.2) is 11.5 Å². The van der Waals surface area contributed by atoms with Crippen LogP contribution in [0.1, 0.15) is 24.4 Å². The van der Waals surface area contributed by atoms with Crippen LogP contribution in [0.15, 0.2) is 36.7 Å². The second-order valence-corrected chi connectivity index (χ2v) is 6.73. The lowest BCUT2D eigenvalue weighted by Gasteiger charge is -2.31. The molecule has 2 aromatic rings. The smallest absolute Gasteiger partial charge is 0.319 e. The Hall–Kier alpha value is -3.00. The maximum Gasteiger partial charge on any atom is 0.319 e. The summed E-state index contributed by atoms with van der Waals surface area (Å²) in [6.45, 7) is 1.38. The molecular weight excluding hydrogens is 374 g/mol. The van der Waals surface area contributed by atoms with Crippen molar-refractivity contribution in [2.24, 2.45) is 5.92 Å². The van der Waals surface area contributed by atoms with Gasteiger partial charge in [0.1, 0.15) is 0 Å². The molecule has 1 unspecified atom stereocenters. The van der Waals surface area contributed by atoms with Crippen LogP contribution in [0.4, 0.5) is 10.5 Å². The van der Waals surface area contributed by atoms with E-state index in [2.05, 4.69) is 15.6 Å². The first kappa shape index (κ1) is 20.7. The third kappa shape index (κ3) is 5.08. The molecule has 0 bridgehead atoms. The summed E-state index contributed by atoms with van der Waals surface area (Å²) in [4.78, 5) is 17.0. The van der Waals surface area contributed by atoms with Gasteiger partial charge in [0.05, 0.1) is 33.1 Å². The van der Waals surface area contributed by atoms with E-state index in [1.54, 1.807) is 24.5 Å². The van der Waals surface area contributed by atoms with Crippen molar-refractivity contribution in [1.29, 1.82) is 0 Å². The molecule has 0 spiro atoms. The summed E-state index contributed by atoms with van der Waals surface area (Å²) in [5, 5.41) is 5.96. The van der Waals surface area contributed by atoms with E-state index in [1.807, 2.05) is 12.1 Å². The van der Waals surface area contributed by atoms with E-state index in [9.17, 15) is 4.79 Å². The van der Waals surface area contributed by atoms with Crippen molar-refractivity contribution in [3.63, 3.8) is 0 Å². The van der Waals surface area contributed by atoms with E-state index in [1.165, 1.54) is 21.3 Å². The zero-order chi connectivity index (χ0) is 20.6. The fraction of sp³-hybridized carbons (Fsp3) is 0.429. The van der Waals surface area contributed by atoms with Gasteiger partial charge in [0.25, 0.3) is 0 Å². The monoisotopic (exact) mass is 401 g/mol. The van der Waals surface area contributed by atoms with E-state index in [4.69, 9.17) is 18.9 Å². The number of methoxy groups -OCH3 is 3. The number of amides is 2. The number of nitrogens with zero attached hydrogens (tertiary/aromatic N) is 1. The Balaban J connectivity index is 1.78. The SMILES string of the molecule is COc1cc(NC(=O)NC(c2cccnc2)C2CCOCC2)cc(OC)c1OC. The number of ether oxygens (including phenoxy) is 4.